The van der Waals surface area contributed by atoms with E-state index in [1.54, 1.807) is 0 Å². The van der Waals surface area contributed by atoms with Gasteiger partial charge < -0.3 is 15.4 Å². The Morgan fingerprint density at radius 2 is 2.12 bits per heavy atom. The van der Waals surface area contributed by atoms with E-state index in [1.165, 1.54) is 5.56 Å². The molecule has 1 unspecified atom stereocenters. The van der Waals surface area contributed by atoms with Crippen LogP contribution >= 0.6 is 0 Å². The van der Waals surface area contributed by atoms with Crippen molar-refractivity contribution < 1.29 is 4.74 Å². The highest BCUT2D eigenvalue weighted by atomic mass is 16.5. The quantitative estimate of drug-likeness (QED) is 0.786. The van der Waals surface area contributed by atoms with Gasteiger partial charge in [-0.2, -0.15) is 0 Å². The molecular weight excluding hydrogens is 212 g/mol. The molecular formula is C14H24N2O. The van der Waals surface area contributed by atoms with Crippen LogP contribution in [0.3, 0.4) is 0 Å². The molecule has 0 heterocycles. The van der Waals surface area contributed by atoms with Crippen molar-refractivity contribution in [2.24, 2.45) is 5.73 Å². The summed E-state index contributed by atoms with van der Waals surface area (Å²) in [6, 6.07) is 8.73. The summed E-state index contributed by atoms with van der Waals surface area (Å²) in [4.78, 5) is 2.20. The average Bonchev–Trinajstić information content (AvgIpc) is 2.29. The van der Waals surface area contributed by atoms with E-state index in [9.17, 15) is 0 Å². The molecule has 0 amide bonds. The molecule has 0 spiro atoms. The highest BCUT2D eigenvalue weighted by Crippen LogP contribution is 2.14. The summed E-state index contributed by atoms with van der Waals surface area (Å²) in [5.41, 5.74) is 6.78. The van der Waals surface area contributed by atoms with Crippen molar-refractivity contribution in [2.45, 2.75) is 25.8 Å². The maximum Gasteiger partial charge on any atom is 0.119 e. The normalized spacial score (nSPS) is 12.8. The zero-order chi connectivity index (χ0) is 12.7. The lowest BCUT2D eigenvalue weighted by Gasteiger charge is -2.19. The van der Waals surface area contributed by atoms with Crippen LogP contribution in [0.4, 0.5) is 0 Å². The average molecular weight is 236 g/mol. The van der Waals surface area contributed by atoms with E-state index in [-0.39, 0.29) is 0 Å². The summed E-state index contributed by atoms with van der Waals surface area (Å²) in [5.74, 6) is 0.946. The van der Waals surface area contributed by atoms with E-state index in [0.29, 0.717) is 12.6 Å². The second-order valence-corrected chi connectivity index (χ2v) is 4.64. The van der Waals surface area contributed by atoms with Crippen LogP contribution in [-0.4, -0.2) is 38.2 Å². The molecule has 0 aliphatic heterocycles. The molecule has 0 aliphatic rings. The second-order valence-electron chi connectivity index (χ2n) is 4.64. The summed E-state index contributed by atoms with van der Waals surface area (Å²) in [7, 11) is 4.18. The van der Waals surface area contributed by atoms with Crippen LogP contribution in [0.5, 0.6) is 5.75 Å². The van der Waals surface area contributed by atoms with Gasteiger partial charge in [0.25, 0.3) is 0 Å². The van der Waals surface area contributed by atoms with E-state index >= 15 is 0 Å². The van der Waals surface area contributed by atoms with Gasteiger partial charge in [-0.3, -0.25) is 0 Å². The first-order valence-corrected chi connectivity index (χ1v) is 6.21. The maximum absolute atomic E-state index is 5.75. The highest BCUT2D eigenvalue weighted by molar-refractivity contribution is 5.28. The molecule has 1 aromatic carbocycles. The van der Waals surface area contributed by atoms with E-state index in [0.717, 1.165) is 25.2 Å². The molecule has 1 atom stereocenters. The van der Waals surface area contributed by atoms with Gasteiger partial charge in [0.1, 0.15) is 5.75 Å². The van der Waals surface area contributed by atoms with Gasteiger partial charge >= 0.3 is 0 Å². The molecule has 0 saturated carbocycles. The van der Waals surface area contributed by atoms with Gasteiger partial charge in [-0.25, -0.2) is 0 Å². The Morgan fingerprint density at radius 3 is 2.76 bits per heavy atom. The number of nitrogens with zero attached hydrogens (tertiary/aromatic N) is 1. The summed E-state index contributed by atoms with van der Waals surface area (Å²) in [5, 5.41) is 0. The summed E-state index contributed by atoms with van der Waals surface area (Å²) in [6.07, 6.45) is 1.94. The van der Waals surface area contributed by atoms with Gasteiger partial charge in [0.05, 0.1) is 6.61 Å². The SMILES string of the molecule is CC(CCOc1cccc(CCN)c1)N(C)C. The Hall–Kier alpha value is -1.06. The van der Waals surface area contributed by atoms with Crippen molar-refractivity contribution >= 4 is 0 Å². The Bertz CT molecular complexity index is 326. The number of nitrogens with two attached hydrogens (primary N) is 1. The molecule has 0 saturated heterocycles. The zero-order valence-electron chi connectivity index (χ0n) is 11.1. The van der Waals surface area contributed by atoms with Gasteiger partial charge in [-0.15, -0.1) is 0 Å². The first kappa shape index (κ1) is 14.0. The fraction of sp³-hybridized carbons (Fsp3) is 0.571. The lowest BCUT2D eigenvalue weighted by Crippen LogP contribution is -2.26. The third kappa shape index (κ3) is 5.20. The molecule has 0 fully saturated rings. The van der Waals surface area contributed by atoms with Crippen LogP contribution in [0.25, 0.3) is 0 Å². The molecule has 0 bridgehead atoms. The molecule has 0 radical (unpaired) electrons. The van der Waals surface area contributed by atoms with Crippen molar-refractivity contribution in [3.8, 4) is 5.75 Å². The fourth-order valence-electron chi connectivity index (χ4n) is 1.56. The Morgan fingerprint density at radius 1 is 1.35 bits per heavy atom. The minimum absolute atomic E-state index is 0.544. The standard InChI is InChI=1S/C14H24N2O/c1-12(16(2)3)8-10-17-14-6-4-5-13(11-14)7-9-15/h4-6,11-12H,7-10,15H2,1-3H3. The molecule has 3 heteroatoms. The predicted molar refractivity (Wildman–Crippen MR) is 72.5 cm³/mol. The van der Waals surface area contributed by atoms with Gasteiger partial charge in [-0.1, -0.05) is 12.1 Å². The number of hydrogen-bond donors (Lipinski definition) is 1. The summed E-state index contributed by atoms with van der Waals surface area (Å²) in [6.45, 7) is 3.64. The fourth-order valence-corrected chi connectivity index (χ4v) is 1.56. The lowest BCUT2D eigenvalue weighted by molar-refractivity contribution is 0.233. The number of ether oxygens (including phenoxy) is 1. The highest BCUT2D eigenvalue weighted by Gasteiger charge is 2.04. The minimum Gasteiger partial charge on any atom is -0.494 e. The van der Waals surface area contributed by atoms with Crippen LogP contribution in [0, 0.1) is 0 Å². The Balaban J connectivity index is 2.38. The Labute approximate surface area is 105 Å². The summed E-state index contributed by atoms with van der Waals surface area (Å²) < 4.78 is 5.75. The maximum atomic E-state index is 5.75. The van der Waals surface area contributed by atoms with Gasteiger partial charge in [0.15, 0.2) is 0 Å². The molecule has 17 heavy (non-hydrogen) atoms. The van der Waals surface area contributed by atoms with Crippen LogP contribution in [0.15, 0.2) is 24.3 Å². The van der Waals surface area contributed by atoms with E-state index in [2.05, 4.69) is 38.1 Å². The predicted octanol–water partition coefficient (Wildman–Crippen LogP) is 1.91. The number of benzene rings is 1. The van der Waals surface area contributed by atoms with Gasteiger partial charge in [0, 0.05) is 6.04 Å². The zero-order valence-corrected chi connectivity index (χ0v) is 11.1. The lowest BCUT2D eigenvalue weighted by atomic mass is 10.1. The third-order valence-electron chi connectivity index (χ3n) is 3.02. The largest absolute Gasteiger partial charge is 0.494 e. The molecule has 1 rings (SSSR count). The molecule has 1 aromatic rings. The summed E-state index contributed by atoms with van der Waals surface area (Å²) >= 11 is 0. The van der Waals surface area contributed by atoms with Crippen molar-refractivity contribution in [1.82, 2.24) is 4.90 Å². The van der Waals surface area contributed by atoms with Crippen molar-refractivity contribution in [3.63, 3.8) is 0 Å². The first-order valence-electron chi connectivity index (χ1n) is 6.21. The van der Waals surface area contributed by atoms with E-state index in [4.69, 9.17) is 10.5 Å². The van der Waals surface area contributed by atoms with Crippen LogP contribution < -0.4 is 10.5 Å². The third-order valence-corrected chi connectivity index (χ3v) is 3.02. The van der Waals surface area contributed by atoms with Crippen molar-refractivity contribution in [1.29, 1.82) is 0 Å². The van der Waals surface area contributed by atoms with E-state index < -0.39 is 0 Å². The molecule has 2 N–H and O–H groups in total. The second kappa shape index (κ2) is 7.30. The number of rotatable bonds is 7. The number of hydrogen-bond acceptors (Lipinski definition) is 3. The topological polar surface area (TPSA) is 38.5 Å². The van der Waals surface area contributed by atoms with Gasteiger partial charge in [-0.05, 0) is 58.1 Å². The molecule has 96 valence electrons. The van der Waals surface area contributed by atoms with Gasteiger partial charge in [0.2, 0.25) is 0 Å². The minimum atomic E-state index is 0.544. The molecule has 3 nitrogen and oxygen atoms in total. The van der Waals surface area contributed by atoms with E-state index in [1.807, 2.05) is 12.1 Å². The van der Waals surface area contributed by atoms with Crippen LogP contribution in [0.2, 0.25) is 0 Å². The molecule has 0 aromatic heterocycles. The van der Waals surface area contributed by atoms with Crippen molar-refractivity contribution in [2.75, 3.05) is 27.2 Å². The van der Waals surface area contributed by atoms with Crippen LogP contribution in [-0.2, 0) is 6.42 Å². The monoisotopic (exact) mass is 236 g/mol. The van der Waals surface area contributed by atoms with Crippen molar-refractivity contribution in [3.05, 3.63) is 29.8 Å². The molecule has 0 aliphatic carbocycles. The van der Waals surface area contributed by atoms with Crippen LogP contribution in [0.1, 0.15) is 18.9 Å². The Kier molecular flexibility index (Phi) is 6.01. The smallest absolute Gasteiger partial charge is 0.119 e. The first-order chi connectivity index (χ1) is 8.13.